The highest BCUT2D eigenvalue weighted by Gasteiger charge is 2.26. The first-order chi connectivity index (χ1) is 16.0. The summed E-state index contributed by atoms with van der Waals surface area (Å²) in [5, 5.41) is 8.00. The number of carbonyl (C=O) groups excluding carboxylic acids is 2. The Balaban J connectivity index is 1.49. The Morgan fingerprint density at radius 2 is 1.85 bits per heavy atom. The van der Waals surface area contributed by atoms with Crippen LogP contribution in [0.15, 0.2) is 53.6 Å². The van der Waals surface area contributed by atoms with Crippen LogP contribution in [0.1, 0.15) is 35.2 Å². The number of unbranched alkanes of at least 4 members (excludes halogenated alkanes) is 1. The second-order valence-electron chi connectivity index (χ2n) is 7.68. The lowest BCUT2D eigenvalue weighted by molar-refractivity contribution is -0.128. The van der Waals surface area contributed by atoms with Crippen molar-refractivity contribution in [1.29, 1.82) is 0 Å². The highest BCUT2D eigenvalue weighted by atomic mass is 35.5. The minimum Gasteiger partial charge on any atom is -0.379 e. The number of halogens is 2. The molecule has 2 amide bonds. The van der Waals surface area contributed by atoms with Crippen LogP contribution in [0, 0.1) is 0 Å². The van der Waals surface area contributed by atoms with Crippen LogP contribution in [0.4, 0.5) is 0 Å². The van der Waals surface area contributed by atoms with Gasteiger partial charge in [0.1, 0.15) is 0 Å². The summed E-state index contributed by atoms with van der Waals surface area (Å²) in [6, 6.07) is 13.9. The molecule has 2 aromatic carbocycles. The van der Waals surface area contributed by atoms with E-state index in [9.17, 15) is 9.59 Å². The molecule has 3 rings (SSSR count). The summed E-state index contributed by atoms with van der Waals surface area (Å²) in [5.41, 5.74) is 3.94. The first-order valence-electron chi connectivity index (χ1n) is 11.0. The molecule has 1 fully saturated rings. The molecule has 2 aromatic rings. The number of nitrogens with zero attached hydrogens (tertiary/aromatic N) is 2. The molecule has 176 valence electrons. The molecule has 33 heavy (non-hydrogen) atoms. The molecule has 1 unspecified atom stereocenters. The lowest BCUT2D eigenvalue weighted by atomic mass is 10.1. The van der Waals surface area contributed by atoms with Gasteiger partial charge in [0.05, 0.1) is 30.5 Å². The number of rotatable bonds is 10. The number of hydrogen-bond donors (Lipinski definition) is 2. The van der Waals surface area contributed by atoms with Gasteiger partial charge in [0.25, 0.3) is 11.8 Å². The summed E-state index contributed by atoms with van der Waals surface area (Å²) < 4.78 is 5.43. The van der Waals surface area contributed by atoms with E-state index in [2.05, 4.69) is 20.7 Å². The molecule has 0 bridgehead atoms. The molecular weight excluding hydrogens is 463 g/mol. The number of ether oxygens (including phenoxy) is 1. The summed E-state index contributed by atoms with van der Waals surface area (Å²) in [6.07, 6.45) is 3.73. The van der Waals surface area contributed by atoms with Gasteiger partial charge in [0.15, 0.2) is 0 Å². The Kier molecular flexibility index (Phi) is 10.2. The molecule has 7 nitrogen and oxygen atoms in total. The van der Waals surface area contributed by atoms with Crippen LogP contribution >= 0.6 is 23.2 Å². The van der Waals surface area contributed by atoms with E-state index in [0.717, 1.165) is 12.8 Å². The van der Waals surface area contributed by atoms with Crippen molar-refractivity contribution >= 4 is 41.2 Å². The molecule has 2 N–H and O–H groups in total. The molecule has 0 aliphatic carbocycles. The monoisotopic (exact) mass is 490 g/mol. The Hall–Kier alpha value is -2.45. The Labute approximate surface area is 204 Å². The summed E-state index contributed by atoms with van der Waals surface area (Å²) in [6.45, 7) is 3.13. The second kappa shape index (κ2) is 13.3. The Morgan fingerprint density at radius 3 is 2.58 bits per heavy atom. The highest BCUT2D eigenvalue weighted by Crippen LogP contribution is 2.19. The van der Waals surface area contributed by atoms with Crippen molar-refractivity contribution in [2.75, 3.05) is 32.8 Å². The van der Waals surface area contributed by atoms with Crippen LogP contribution in [0.5, 0.6) is 0 Å². The van der Waals surface area contributed by atoms with Crippen molar-refractivity contribution in [3.63, 3.8) is 0 Å². The van der Waals surface area contributed by atoms with E-state index in [-0.39, 0.29) is 17.9 Å². The fourth-order valence-corrected chi connectivity index (χ4v) is 4.03. The number of benzene rings is 2. The lowest BCUT2D eigenvalue weighted by Crippen LogP contribution is -2.50. The SMILES string of the molecule is O=C(NCCCCC(C(=O)N/N=C/c1ccc(Cl)cc1Cl)N1CCOCC1)c1ccccc1. The largest absolute Gasteiger partial charge is 0.379 e. The third-order valence-electron chi connectivity index (χ3n) is 5.36. The summed E-state index contributed by atoms with van der Waals surface area (Å²) in [7, 11) is 0. The second-order valence-corrected chi connectivity index (χ2v) is 8.53. The predicted molar refractivity (Wildman–Crippen MR) is 131 cm³/mol. The quantitative estimate of drug-likeness (QED) is 0.301. The Bertz CT molecular complexity index is 950. The van der Waals surface area contributed by atoms with Crippen molar-refractivity contribution in [2.45, 2.75) is 25.3 Å². The third-order valence-corrected chi connectivity index (χ3v) is 5.92. The average Bonchev–Trinajstić information content (AvgIpc) is 2.83. The maximum Gasteiger partial charge on any atom is 0.257 e. The number of hydrazone groups is 1. The van der Waals surface area contributed by atoms with Gasteiger partial charge in [-0.25, -0.2) is 5.43 Å². The third kappa shape index (κ3) is 8.12. The molecular formula is C24H28Cl2N4O3. The minimum absolute atomic E-state index is 0.0896. The maximum absolute atomic E-state index is 12.9. The normalized spacial score (nSPS) is 15.3. The van der Waals surface area contributed by atoms with E-state index in [0.29, 0.717) is 60.4 Å². The van der Waals surface area contributed by atoms with E-state index in [1.807, 2.05) is 18.2 Å². The van der Waals surface area contributed by atoms with E-state index in [1.165, 1.54) is 6.21 Å². The van der Waals surface area contributed by atoms with Gasteiger partial charge in [-0.3, -0.25) is 14.5 Å². The van der Waals surface area contributed by atoms with Crippen molar-refractivity contribution in [2.24, 2.45) is 5.10 Å². The summed E-state index contributed by atoms with van der Waals surface area (Å²) in [5.74, 6) is -0.264. The van der Waals surface area contributed by atoms with Crippen molar-refractivity contribution in [3.8, 4) is 0 Å². The molecule has 0 saturated carbocycles. The van der Waals surface area contributed by atoms with Gasteiger partial charge in [-0.15, -0.1) is 0 Å². The van der Waals surface area contributed by atoms with Crippen molar-refractivity contribution < 1.29 is 14.3 Å². The van der Waals surface area contributed by atoms with E-state index >= 15 is 0 Å². The molecule has 9 heteroatoms. The van der Waals surface area contributed by atoms with Crippen molar-refractivity contribution in [1.82, 2.24) is 15.6 Å². The highest BCUT2D eigenvalue weighted by molar-refractivity contribution is 6.36. The van der Waals surface area contributed by atoms with Gasteiger partial charge in [0.2, 0.25) is 0 Å². The predicted octanol–water partition coefficient (Wildman–Crippen LogP) is 3.74. The van der Waals surface area contributed by atoms with Gasteiger partial charge < -0.3 is 10.1 Å². The van der Waals surface area contributed by atoms with E-state index in [1.54, 1.807) is 30.3 Å². The first-order valence-corrected chi connectivity index (χ1v) is 11.7. The molecule has 0 aromatic heterocycles. The van der Waals surface area contributed by atoms with Crippen LogP contribution in [-0.2, 0) is 9.53 Å². The number of hydrogen-bond acceptors (Lipinski definition) is 5. The standard InChI is InChI=1S/C24H28Cl2N4O3/c25-20-10-9-19(21(26)16-20)17-28-29-24(32)22(30-12-14-33-15-13-30)8-4-5-11-27-23(31)18-6-2-1-3-7-18/h1-3,6-7,9-10,16-17,22H,4-5,8,11-15H2,(H,27,31)(H,29,32)/b28-17+. The Morgan fingerprint density at radius 1 is 1.09 bits per heavy atom. The first kappa shape index (κ1) is 25.2. The topological polar surface area (TPSA) is 83.0 Å². The molecule has 0 spiro atoms. The van der Waals surface area contributed by atoms with E-state index < -0.39 is 0 Å². The van der Waals surface area contributed by atoms with Crippen molar-refractivity contribution in [3.05, 3.63) is 69.7 Å². The van der Waals surface area contributed by atoms with E-state index in [4.69, 9.17) is 27.9 Å². The van der Waals surface area contributed by atoms with Gasteiger partial charge >= 0.3 is 0 Å². The molecule has 1 saturated heterocycles. The lowest BCUT2D eigenvalue weighted by Gasteiger charge is -2.33. The number of amides is 2. The fraction of sp³-hybridized carbons (Fsp3) is 0.375. The van der Waals surface area contributed by atoms with Crippen LogP contribution < -0.4 is 10.7 Å². The van der Waals surface area contributed by atoms with Gasteiger partial charge in [-0.05, 0) is 43.5 Å². The van der Waals surface area contributed by atoms with Crippen LogP contribution in [0.2, 0.25) is 10.0 Å². The summed E-state index contributed by atoms with van der Waals surface area (Å²) in [4.78, 5) is 27.2. The summed E-state index contributed by atoms with van der Waals surface area (Å²) >= 11 is 12.1. The number of nitrogens with one attached hydrogen (secondary N) is 2. The van der Waals surface area contributed by atoms with Crippen LogP contribution in [0.25, 0.3) is 0 Å². The molecule has 1 aliphatic rings. The zero-order valence-corrected chi connectivity index (χ0v) is 19.8. The molecule has 1 heterocycles. The number of carbonyl (C=O) groups is 2. The smallest absolute Gasteiger partial charge is 0.257 e. The van der Waals surface area contributed by atoms with Gasteiger partial charge in [-0.1, -0.05) is 47.5 Å². The number of morpholine rings is 1. The zero-order chi connectivity index (χ0) is 23.5. The minimum atomic E-state index is -0.323. The van der Waals surface area contributed by atoms with Crippen LogP contribution in [0.3, 0.4) is 0 Å². The average molecular weight is 491 g/mol. The van der Waals surface area contributed by atoms with Gasteiger partial charge in [0, 0.05) is 35.8 Å². The molecule has 0 radical (unpaired) electrons. The fourth-order valence-electron chi connectivity index (χ4n) is 3.57. The zero-order valence-electron chi connectivity index (χ0n) is 18.3. The molecule has 1 aliphatic heterocycles. The van der Waals surface area contributed by atoms with Crippen LogP contribution in [-0.4, -0.2) is 61.8 Å². The van der Waals surface area contributed by atoms with Gasteiger partial charge in [-0.2, -0.15) is 5.10 Å². The maximum atomic E-state index is 12.9. The molecule has 1 atom stereocenters.